The third-order valence-corrected chi connectivity index (χ3v) is 6.21. The largest absolute Gasteiger partial charge is 0.341 e. The topological polar surface area (TPSA) is 59.7 Å². The van der Waals surface area contributed by atoms with Crippen LogP contribution in [0.2, 0.25) is 0 Å². The second-order valence-electron chi connectivity index (χ2n) is 6.23. The van der Waals surface area contributed by atoms with Crippen molar-refractivity contribution in [2.75, 3.05) is 18.0 Å². The molecule has 1 aliphatic carbocycles. The summed E-state index contributed by atoms with van der Waals surface area (Å²) in [4.78, 5) is 3.60. The molecule has 0 bridgehead atoms. The van der Waals surface area contributed by atoms with Gasteiger partial charge in [-0.2, -0.15) is 0 Å². The molecule has 6 nitrogen and oxygen atoms in total. The van der Waals surface area contributed by atoms with E-state index in [1.54, 1.807) is 11.8 Å². The minimum atomic E-state index is 0.603. The Kier molecular flexibility index (Phi) is 4.04. The fourth-order valence-corrected chi connectivity index (χ4v) is 4.33. The van der Waals surface area contributed by atoms with Crippen molar-refractivity contribution in [2.24, 2.45) is 5.92 Å². The van der Waals surface area contributed by atoms with Gasteiger partial charge in [0.25, 0.3) is 0 Å². The minimum absolute atomic E-state index is 0.603. The molecule has 0 unspecified atom stereocenters. The average Bonchev–Trinajstić information content (AvgIpc) is 3.08. The molecule has 0 spiro atoms. The average molecular weight is 336 g/mol. The van der Waals surface area contributed by atoms with Gasteiger partial charge in [0.05, 0.1) is 11.1 Å². The highest BCUT2D eigenvalue weighted by molar-refractivity contribution is 7.98. The maximum atomic E-state index is 4.52. The van der Waals surface area contributed by atoms with Crippen LogP contribution in [0.1, 0.15) is 43.5 Å². The Morgan fingerprint density at radius 3 is 2.73 bits per heavy atom. The summed E-state index contributed by atoms with van der Waals surface area (Å²) in [6.07, 6.45) is 6.86. The lowest BCUT2D eigenvalue weighted by molar-refractivity contribution is 0.429. The SMILES string of the molecule is CC1CCN(c2nnc(SCc3cnns3)n2C2CC2)CC1. The molecule has 22 heavy (non-hydrogen) atoms. The third-order valence-electron chi connectivity index (χ3n) is 4.38. The van der Waals surface area contributed by atoms with Crippen molar-refractivity contribution in [1.82, 2.24) is 24.4 Å². The number of anilines is 1. The molecule has 0 amide bonds. The monoisotopic (exact) mass is 336 g/mol. The number of aromatic nitrogens is 5. The van der Waals surface area contributed by atoms with Gasteiger partial charge in [-0.05, 0) is 43.1 Å². The molecule has 118 valence electrons. The van der Waals surface area contributed by atoms with E-state index in [0.29, 0.717) is 6.04 Å². The van der Waals surface area contributed by atoms with Crippen LogP contribution in [0.25, 0.3) is 0 Å². The Hall–Kier alpha value is -1.15. The molecule has 0 N–H and O–H groups in total. The summed E-state index contributed by atoms with van der Waals surface area (Å²) in [5.74, 6) is 2.79. The zero-order valence-electron chi connectivity index (χ0n) is 12.7. The molecule has 2 aromatic heterocycles. The van der Waals surface area contributed by atoms with Crippen LogP contribution >= 0.6 is 23.3 Å². The van der Waals surface area contributed by atoms with E-state index in [4.69, 9.17) is 0 Å². The molecule has 4 rings (SSSR count). The number of piperidine rings is 1. The van der Waals surface area contributed by atoms with Gasteiger partial charge in [-0.25, -0.2) is 0 Å². The predicted octanol–water partition coefficient (Wildman–Crippen LogP) is 2.99. The molecule has 1 saturated carbocycles. The van der Waals surface area contributed by atoms with Gasteiger partial charge in [0.1, 0.15) is 0 Å². The molecule has 0 radical (unpaired) electrons. The molecule has 1 aliphatic heterocycles. The zero-order chi connectivity index (χ0) is 14.9. The van der Waals surface area contributed by atoms with Crippen molar-refractivity contribution < 1.29 is 0 Å². The summed E-state index contributed by atoms with van der Waals surface area (Å²) < 4.78 is 6.29. The number of rotatable bonds is 5. The van der Waals surface area contributed by atoms with E-state index in [2.05, 4.69) is 36.2 Å². The first-order valence-corrected chi connectivity index (χ1v) is 9.66. The van der Waals surface area contributed by atoms with Crippen LogP contribution < -0.4 is 4.90 Å². The fourth-order valence-electron chi connectivity index (χ4n) is 2.83. The Balaban J connectivity index is 1.52. The fraction of sp³-hybridized carbons (Fsp3) is 0.714. The highest BCUT2D eigenvalue weighted by atomic mass is 32.2. The lowest BCUT2D eigenvalue weighted by Crippen LogP contribution is -2.34. The van der Waals surface area contributed by atoms with Crippen LogP contribution in [0.3, 0.4) is 0 Å². The quantitative estimate of drug-likeness (QED) is 0.782. The first-order valence-electron chi connectivity index (χ1n) is 7.90. The van der Waals surface area contributed by atoms with Crippen LogP contribution in [-0.4, -0.2) is 37.4 Å². The standard InChI is InChI=1S/C14H20N6S2/c1-10-4-6-19(7-5-10)13-16-17-14(20(13)11-2-3-11)21-9-12-8-15-18-22-12/h8,10-11H,2-7,9H2,1H3. The molecule has 2 aliphatic rings. The van der Waals surface area contributed by atoms with E-state index in [9.17, 15) is 0 Å². The van der Waals surface area contributed by atoms with Gasteiger partial charge in [0, 0.05) is 24.9 Å². The predicted molar refractivity (Wildman–Crippen MR) is 88.4 cm³/mol. The summed E-state index contributed by atoms with van der Waals surface area (Å²) in [6, 6.07) is 0.603. The van der Waals surface area contributed by atoms with E-state index >= 15 is 0 Å². The van der Waals surface area contributed by atoms with Gasteiger partial charge in [0.2, 0.25) is 5.95 Å². The van der Waals surface area contributed by atoms with Crippen molar-refractivity contribution in [2.45, 2.75) is 49.6 Å². The summed E-state index contributed by atoms with van der Waals surface area (Å²) in [5, 5.41) is 13.9. The van der Waals surface area contributed by atoms with Gasteiger partial charge in [-0.1, -0.05) is 23.2 Å². The van der Waals surface area contributed by atoms with E-state index < -0.39 is 0 Å². The Bertz CT molecular complexity index is 613. The van der Waals surface area contributed by atoms with Crippen molar-refractivity contribution in [3.05, 3.63) is 11.1 Å². The smallest absolute Gasteiger partial charge is 0.228 e. The summed E-state index contributed by atoms with van der Waals surface area (Å²) in [7, 11) is 0. The number of thioether (sulfide) groups is 1. The maximum absolute atomic E-state index is 4.52. The number of hydrogen-bond acceptors (Lipinski definition) is 7. The first-order chi connectivity index (χ1) is 10.8. The molecular formula is C14H20N6S2. The summed E-state index contributed by atoms with van der Waals surface area (Å²) in [5.41, 5.74) is 0. The Morgan fingerprint density at radius 2 is 2.05 bits per heavy atom. The van der Waals surface area contributed by atoms with E-state index in [-0.39, 0.29) is 0 Å². The van der Waals surface area contributed by atoms with Crippen LogP contribution in [0.15, 0.2) is 11.4 Å². The minimum Gasteiger partial charge on any atom is -0.341 e. The summed E-state index contributed by atoms with van der Waals surface area (Å²) >= 11 is 3.21. The molecule has 0 atom stereocenters. The molecule has 2 fully saturated rings. The molecule has 3 heterocycles. The molecule has 8 heteroatoms. The Labute approximate surface area is 138 Å². The van der Waals surface area contributed by atoms with Gasteiger partial charge >= 0.3 is 0 Å². The van der Waals surface area contributed by atoms with Crippen LogP contribution in [-0.2, 0) is 5.75 Å². The lowest BCUT2D eigenvalue weighted by atomic mass is 10.00. The molecular weight excluding hydrogens is 316 g/mol. The van der Waals surface area contributed by atoms with E-state index in [0.717, 1.165) is 35.9 Å². The van der Waals surface area contributed by atoms with Crippen molar-refractivity contribution in [3.63, 3.8) is 0 Å². The normalized spacial score (nSPS) is 19.8. The highest BCUT2D eigenvalue weighted by Gasteiger charge is 2.32. The highest BCUT2D eigenvalue weighted by Crippen LogP contribution is 2.42. The van der Waals surface area contributed by atoms with Crippen molar-refractivity contribution >= 4 is 29.2 Å². The van der Waals surface area contributed by atoms with Crippen LogP contribution in [0, 0.1) is 5.92 Å². The molecule has 0 aromatic carbocycles. The van der Waals surface area contributed by atoms with E-state index in [1.165, 1.54) is 42.1 Å². The van der Waals surface area contributed by atoms with Crippen LogP contribution in [0.4, 0.5) is 5.95 Å². The van der Waals surface area contributed by atoms with Crippen molar-refractivity contribution in [3.8, 4) is 0 Å². The van der Waals surface area contributed by atoms with Gasteiger partial charge in [-0.3, -0.25) is 4.57 Å². The first kappa shape index (κ1) is 14.4. The van der Waals surface area contributed by atoms with Crippen molar-refractivity contribution in [1.29, 1.82) is 0 Å². The third kappa shape index (κ3) is 2.99. The Morgan fingerprint density at radius 1 is 1.23 bits per heavy atom. The maximum Gasteiger partial charge on any atom is 0.228 e. The van der Waals surface area contributed by atoms with Gasteiger partial charge in [-0.15, -0.1) is 15.3 Å². The van der Waals surface area contributed by atoms with Gasteiger partial charge < -0.3 is 4.90 Å². The lowest BCUT2D eigenvalue weighted by Gasteiger charge is -2.31. The van der Waals surface area contributed by atoms with Crippen LogP contribution in [0.5, 0.6) is 0 Å². The number of nitrogens with zero attached hydrogens (tertiary/aromatic N) is 6. The summed E-state index contributed by atoms with van der Waals surface area (Å²) in [6.45, 7) is 4.55. The second kappa shape index (κ2) is 6.16. The second-order valence-corrected chi connectivity index (χ2v) is 8.04. The molecule has 2 aromatic rings. The zero-order valence-corrected chi connectivity index (χ0v) is 14.3. The molecule has 1 saturated heterocycles. The van der Waals surface area contributed by atoms with E-state index in [1.807, 2.05) is 6.20 Å². The number of hydrogen-bond donors (Lipinski definition) is 0. The van der Waals surface area contributed by atoms with Gasteiger partial charge in [0.15, 0.2) is 5.16 Å².